The molecule has 4 heteroatoms. The molecule has 0 spiro atoms. The van der Waals surface area contributed by atoms with Crippen molar-refractivity contribution >= 4 is 0 Å². The molecular weight excluding hydrogens is 86.0 g/mol. The Labute approximate surface area is 34.2 Å². The standard InChI is InChI=1S/C2H4NO3/c1-5-2-3(4)6-2/h2H,1H3/q+1. The first-order chi connectivity index (χ1) is 2.84. The smallest absolute Gasteiger partial charge is 0.279 e. The number of hydrogen-bond donors (Lipinski definition) is 0. The van der Waals surface area contributed by atoms with Gasteiger partial charge in [-0.2, -0.15) is 0 Å². The van der Waals surface area contributed by atoms with Gasteiger partial charge in [0.25, 0.3) is 0 Å². The molecule has 6 heavy (non-hydrogen) atoms. The van der Waals surface area contributed by atoms with Crippen LogP contribution in [-0.2, 0) is 9.57 Å². The van der Waals surface area contributed by atoms with Gasteiger partial charge in [0.2, 0.25) is 0 Å². The minimum absolute atomic E-state index is 0.375. The molecule has 0 aromatic carbocycles. The van der Waals surface area contributed by atoms with Gasteiger partial charge in [-0.1, -0.05) is 0 Å². The molecule has 0 saturated carbocycles. The van der Waals surface area contributed by atoms with Gasteiger partial charge >= 0.3 is 11.3 Å². The fourth-order valence-electron chi connectivity index (χ4n) is 0.191. The first kappa shape index (κ1) is 3.55. The zero-order valence-corrected chi connectivity index (χ0v) is 3.25. The average Bonchev–Trinajstić information content (AvgIpc) is 2.19. The molecule has 1 atom stereocenters. The molecule has 1 aliphatic heterocycles. The van der Waals surface area contributed by atoms with Gasteiger partial charge in [-0.3, -0.25) is 4.74 Å². The largest absolute Gasteiger partial charge is 0.573 e. The predicted octanol–water partition coefficient (Wildman–Crippen LogP) is -0.360. The van der Waals surface area contributed by atoms with E-state index in [1.54, 1.807) is 0 Å². The monoisotopic (exact) mass is 90.0 g/mol. The highest BCUT2D eigenvalue weighted by molar-refractivity contribution is 4.12. The van der Waals surface area contributed by atoms with Crippen LogP contribution in [0.5, 0.6) is 0 Å². The first-order valence-corrected chi connectivity index (χ1v) is 1.50. The quantitative estimate of drug-likeness (QED) is 0.413. The number of hydrogen-bond acceptors (Lipinski definition) is 3. The Morgan fingerprint density at radius 1 is 2.00 bits per heavy atom. The van der Waals surface area contributed by atoms with E-state index in [0.29, 0.717) is 4.92 Å². The molecule has 0 aromatic heterocycles. The summed E-state index contributed by atoms with van der Waals surface area (Å²) in [5.41, 5.74) is 0. The van der Waals surface area contributed by atoms with E-state index in [9.17, 15) is 4.91 Å². The molecule has 34 valence electrons. The van der Waals surface area contributed by atoms with Crippen molar-refractivity contribution in [3.05, 3.63) is 4.91 Å². The van der Waals surface area contributed by atoms with E-state index in [0.717, 1.165) is 0 Å². The molecule has 1 rings (SSSR count). The van der Waals surface area contributed by atoms with Gasteiger partial charge in [0.1, 0.15) is 0 Å². The number of methoxy groups -OCH3 is 1. The molecule has 0 radical (unpaired) electrons. The molecule has 0 aromatic rings. The highest BCUT2D eigenvalue weighted by Gasteiger charge is 2.53. The fraction of sp³-hybridized carbons (Fsp3) is 1.00. The maximum absolute atomic E-state index is 9.69. The average molecular weight is 90.1 g/mol. The summed E-state index contributed by atoms with van der Waals surface area (Å²) < 4.78 is 4.36. The fourth-order valence-corrected chi connectivity index (χ4v) is 0.191. The summed E-state index contributed by atoms with van der Waals surface area (Å²) in [5, 5.41) is 0. The Morgan fingerprint density at radius 2 is 2.50 bits per heavy atom. The van der Waals surface area contributed by atoms with E-state index in [1.165, 1.54) is 7.11 Å². The highest BCUT2D eigenvalue weighted by atomic mass is 17.0. The maximum Gasteiger partial charge on any atom is 0.573 e. The van der Waals surface area contributed by atoms with E-state index < -0.39 is 6.41 Å². The van der Waals surface area contributed by atoms with Crippen molar-refractivity contribution in [1.82, 2.24) is 0 Å². The van der Waals surface area contributed by atoms with Crippen LogP contribution in [0.3, 0.4) is 0 Å². The summed E-state index contributed by atoms with van der Waals surface area (Å²) in [6, 6.07) is 0. The van der Waals surface area contributed by atoms with Gasteiger partial charge in [-0.25, -0.2) is 0 Å². The van der Waals surface area contributed by atoms with Gasteiger partial charge in [0.05, 0.1) is 4.91 Å². The van der Waals surface area contributed by atoms with E-state index in [-0.39, 0.29) is 0 Å². The Bertz CT molecular complexity index is 80.9. The Morgan fingerprint density at radius 3 is 2.50 bits per heavy atom. The van der Waals surface area contributed by atoms with Crippen LogP contribution < -0.4 is 0 Å². The van der Waals surface area contributed by atoms with Crippen LogP contribution in [0.4, 0.5) is 0 Å². The Kier molecular flexibility index (Phi) is 0.537. The lowest BCUT2D eigenvalue weighted by Gasteiger charge is -1.60. The van der Waals surface area contributed by atoms with Crippen LogP contribution >= 0.6 is 0 Å². The molecule has 0 aliphatic carbocycles. The third kappa shape index (κ3) is 0.345. The molecule has 0 N–H and O–H groups in total. The van der Waals surface area contributed by atoms with Crippen LogP contribution in [0.1, 0.15) is 0 Å². The Balaban J connectivity index is 2.26. The first-order valence-electron chi connectivity index (χ1n) is 1.50. The lowest BCUT2D eigenvalue weighted by atomic mass is 11.3. The minimum atomic E-state index is -0.620. The van der Waals surface area contributed by atoms with E-state index in [1.807, 2.05) is 0 Å². The molecule has 4 nitrogen and oxygen atoms in total. The van der Waals surface area contributed by atoms with Crippen molar-refractivity contribution in [2.75, 3.05) is 7.11 Å². The second-order valence-electron chi connectivity index (χ2n) is 0.934. The number of nitrogens with zero attached hydrogens (tertiary/aromatic N) is 1. The van der Waals surface area contributed by atoms with Crippen molar-refractivity contribution < 1.29 is 14.5 Å². The normalized spacial score (nSPS) is 29.5. The SMILES string of the molecule is COC1O[N+]1=O. The van der Waals surface area contributed by atoms with E-state index >= 15 is 0 Å². The third-order valence-electron chi connectivity index (χ3n) is 0.522. The zero-order valence-electron chi connectivity index (χ0n) is 3.25. The molecule has 0 bridgehead atoms. The number of rotatable bonds is 1. The van der Waals surface area contributed by atoms with Crippen molar-refractivity contribution in [1.29, 1.82) is 0 Å². The van der Waals surface area contributed by atoms with Crippen LogP contribution in [-0.4, -0.2) is 18.4 Å². The topological polar surface area (TPSA) is 41.8 Å². The van der Waals surface area contributed by atoms with Crippen LogP contribution in [0.2, 0.25) is 0 Å². The summed E-state index contributed by atoms with van der Waals surface area (Å²) in [4.78, 5) is 14.2. The van der Waals surface area contributed by atoms with Crippen LogP contribution in [0, 0.1) is 4.91 Å². The van der Waals surface area contributed by atoms with Crippen molar-refractivity contribution in [3.8, 4) is 0 Å². The zero-order chi connectivity index (χ0) is 4.57. The molecule has 1 aliphatic rings. The summed E-state index contributed by atoms with van der Waals surface area (Å²) >= 11 is 0. The molecule has 1 heterocycles. The van der Waals surface area contributed by atoms with Crippen LogP contribution in [0.25, 0.3) is 0 Å². The summed E-state index contributed by atoms with van der Waals surface area (Å²) in [6.45, 7) is 0. The molecular formula is C2H4NO3+. The van der Waals surface area contributed by atoms with Crippen molar-refractivity contribution in [2.24, 2.45) is 0 Å². The Hall–Kier alpha value is -0.640. The summed E-state index contributed by atoms with van der Waals surface area (Å²) in [5.74, 6) is 0. The van der Waals surface area contributed by atoms with Gasteiger partial charge in [0, 0.05) is 7.11 Å². The molecule has 1 unspecified atom stereocenters. The lowest BCUT2D eigenvalue weighted by molar-refractivity contribution is -0.555. The third-order valence-corrected chi connectivity index (χ3v) is 0.522. The number of ether oxygens (including phenoxy) is 1. The van der Waals surface area contributed by atoms with Gasteiger partial charge in [0.15, 0.2) is 0 Å². The minimum Gasteiger partial charge on any atom is -0.279 e. The molecule has 0 amide bonds. The van der Waals surface area contributed by atoms with Crippen LogP contribution in [0.15, 0.2) is 0 Å². The molecule has 1 saturated heterocycles. The second-order valence-corrected chi connectivity index (χ2v) is 0.934. The van der Waals surface area contributed by atoms with Gasteiger partial charge in [-0.15, -0.1) is 4.84 Å². The summed E-state index contributed by atoms with van der Waals surface area (Å²) in [7, 11) is 1.41. The van der Waals surface area contributed by atoms with Crippen molar-refractivity contribution in [2.45, 2.75) is 6.41 Å². The lowest BCUT2D eigenvalue weighted by Crippen LogP contribution is -1.87. The van der Waals surface area contributed by atoms with Gasteiger partial charge < -0.3 is 0 Å². The van der Waals surface area contributed by atoms with E-state index in [4.69, 9.17) is 0 Å². The molecule has 1 fully saturated rings. The predicted molar refractivity (Wildman–Crippen MR) is 15.5 cm³/mol. The second kappa shape index (κ2) is 0.909. The van der Waals surface area contributed by atoms with Crippen molar-refractivity contribution in [3.63, 3.8) is 0 Å². The highest BCUT2D eigenvalue weighted by Crippen LogP contribution is 2.09. The summed E-state index contributed by atoms with van der Waals surface area (Å²) in [6.07, 6.45) is -0.620. The van der Waals surface area contributed by atoms with Gasteiger partial charge in [-0.05, 0) is 0 Å². The van der Waals surface area contributed by atoms with E-state index in [2.05, 4.69) is 9.57 Å². The maximum atomic E-state index is 9.69.